The Bertz CT molecular complexity index is 4320. The van der Waals surface area contributed by atoms with Gasteiger partial charge >= 0.3 is 0 Å². The van der Waals surface area contributed by atoms with Crippen molar-refractivity contribution in [2.75, 3.05) is 0 Å². The molecule has 0 bridgehead atoms. The van der Waals surface area contributed by atoms with E-state index in [0.717, 1.165) is 10.8 Å². The maximum atomic E-state index is 9.63. The van der Waals surface area contributed by atoms with E-state index in [4.69, 9.17) is 18.1 Å². The van der Waals surface area contributed by atoms with E-state index < -0.39 is 109 Å². The summed E-state index contributed by atoms with van der Waals surface area (Å²) < 4.78 is 170. The lowest BCUT2D eigenvalue weighted by Gasteiger charge is -2.16. The van der Waals surface area contributed by atoms with Crippen LogP contribution in [0.15, 0.2) is 162 Å². The van der Waals surface area contributed by atoms with Gasteiger partial charge in [0.25, 0.3) is 0 Å². The van der Waals surface area contributed by atoms with Crippen LogP contribution in [-0.4, -0.2) is 0 Å². The largest absolute Gasteiger partial charge is 0.455 e. The molecule has 0 radical (unpaired) electrons. The Morgan fingerprint density at radius 1 is 0.347 bits per heavy atom. The topological polar surface area (TPSA) is 13.1 Å². The molecule has 0 unspecified atom stereocenters. The Kier molecular flexibility index (Phi) is 2.67. The fourth-order valence-electron chi connectivity index (χ4n) is 7.50. The first-order valence-corrected chi connectivity index (χ1v) is 15.6. The van der Waals surface area contributed by atoms with Crippen molar-refractivity contribution in [1.82, 2.24) is 0 Å². The molecule has 1 heterocycles. The van der Waals surface area contributed by atoms with Gasteiger partial charge in [0.2, 0.25) is 0 Å². The summed E-state index contributed by atoms with van der Waals surface area (Å²) in [5, 5.41) is 0.735. The first-order chi connectivity index (χ1) is 31.8. The predicted octanol–water partition coefficient (Wildman–Crippen LogP) is 13.9. The molecule has 49 heavy (non-hydrogen) atoms. The zero-order chi connectivity index (χ0) is 47.5. The molecule has 224 valence electrons. The van der Waals surface area contributed by atoms with E-state index in [-0.39, 0.29) is 97.9 Å². The van der Waals surface area contributed by atoms with Gasteiger partial charge < -0.3 is 4.42 Å². The molecule has 12 aromatic rings. The molecule has 0 spiro atoms. The van der Waals surface area contributed by atoms with Crippen LogP contribution < -0.4 is 0 Å². The monoisotopic (exact) mass is 636 g/mol. The molecule has 0 amide bonds. The number of hydrogen-bond donors (Lipinski definition) is 0. The maximum Gasteiger partial charge on any atom is 0.143 e. The second kappa shape index (κ2) is 9.13. The summed E-state index contributed by atoms with van der Waals surface area (Å²) in [6.07, 6.45) is 0. The summed E-state index contributed by atoms with van der Waals surface area (Å²) >= 11 is 0. The third-order valence-corrected chi connectivity index (χ3v) is 9.65. The Morgan fingerprint density at radius 3 is 1.41 bits per heavy atom. The molecule has 1 nitrogen and oxygen atoms in total. The average Bonchev–Trinajstić information content (AvgIpc) is 3.68. The minimum atomic E-state index is -0.601. The van der Waals surface area contributed by atoms with Gasteiger partial charge in [-0.25, -0.2) is 0 Å². The fourth-order valence-corrected chi connectivity index (χ4v) is 7.50. The molecule has 0 saturated carbocycles. The molecule has 0 saturated heterocycles. The van der Waals surface area contributed by atoms with Crippen molar-refractivity contribution in [1.29, 1.82) is 0 Å². The average molecular weight is 637 g/mol. The van der Waals surface area contributed by atoms with Gasteiger partial charge in [0.05, 0.1) is 24.7 Å². The molecule has 0 aliphatic heterocycles. The van der Waals surface area contributed by atoms with Crippen molar-refractivity contribution in [2.45, 2.75) is 0 Å². The summed E-state index contributed by atoms with van der Waals surface area (Å²) in [5.74, 6) is 0. The molecule has 0 fully saturated rings. The van der Waals surface area contributed by atoms with E-state index in [1.807, 2.05) is 30.3 Å². The molecular formula is C48H26O. The molecule has 11 aromatic carbocycles. The highest BCUT2D eigenvalue weighted by Gasteiger charge is 2.22. The van der Waals surface area contributed by atoms with Crippen LogP contribution in [0.1, 0.15) is 24.7 Å². The zero-order valence-corrected chi connectivity index (χ0v) is 25.0. The molecule has 0 N–H and O–H groups in total. The smallest absolute Gasteiger partial charge is 0.143 e. The minimum absolute atomic E-state index is 0.000285. The molecule has 12 rings (SSSR count). The van der Waals surface area contributed by atoms with Gasteiger partial charge in [-0.05, 0) is 110 Å². The maximum absolute atomic E-state index is 9.63. The number of hydrogen-bond acceptors (Lipinski definition) is 1. The van der Waals surface area contributed by atoms with Gasteiger partial charge in [-0.15, -0.1) is 0 Å². The number of rotatable bonds is 2. The van der Waals surface area contributed by atoms with Gasteiger partial charge in [0, 0.05) is 16.3 Å². The lowest BCUT2D eigenvalue weighted by molar-refractivity contribution is 0.670. The molecule has 0 aliphatic rings. The zero-order valence-electron chi connectivity index (χ0n) is 43.0. The first-order valence-electron chi connectivity index (χ1n) is 24.6. The minimum Gasteiger partial charge on any atom is -0.455 e. The second-order valence-corrected chi connectivity index (χ2v) is 12.2. The Hall–Kier alpha value is -6.44. The van der Waals surface area contributed by atoms with Gasteiger partial charge in [0.15, 0.2) is 0 Å². The van der Waals surface area contributed by atoms with E-state index in [1.165, 1.54) is 6.07 Å². The molecule has 1 heteroatoms. The molecule has 1 aromatic heterocycles. The van der Waals surface area contributed by atoms with Gasteiger partial charge in [-0.3, -0.25) is 0 Å². The van der Waals surface area contributed by atoms with Crippen molar-refractivity contribution >= 4 is 97.3 Å². The van der Waals surface area contributed by atoms with Gasteiger partial charge in [-0.1, -0.05) is 139 Å². The van der Waals surface area contributed by atoms with Gasteiger partial charge in [0.1, 0.15) is 11.2 Å². The predicted molar refractivity (Wildman–Crippen MR) is 210 cm³/mol. The first kappa shape index (κ1) is 14.4. The normalized spacial score (nSPS) is 17.6. The summed E-state index contributed by atoms with van der Waals surface area (Å²) in [4.78, 5) is 0. The van der Waals surface area contributed by atoms with Crippen molar-refractivity contribution in [3.05, 3.63) is 157 Å². The lowest BCUT2D eigenvalue weighted by Crippen LogP contribution is -1.90. The van der Waals surface area contributed by atoms with E-state index in [1.54, 1.807) is 12.1 Å². The van der Waals surface area contributed by atoms with Gasteiger partial charge in [-0.2, -0.15) is 0 Å². The summed E-state index contributed by atoms with van der Waals surface area (Å²) in [6, 6.07) is 4.49. The van der Waals surface area contributed by atoms with Crippen molar-refractivity contribution < 1.29 is 29.1 Å². The van der Waals surface area contributed by atoms with E-state index >= 15 is 0 Å². The van der Waals surface area contributed by atoms with E-state index in [0.29, 0.717) is 11.0 Å². The Morgan fingerprint density at radius 2 is 0.816 bits per heavy atom. The van der Waals surface area contributed by atoms with Crippen LogP contribution in [0.25, 0.3) is 120 Å². The summed E-state index contributed by atoms with van der Waals surface area (Å²) in [6.45, 7) is 0. The Labute approximate surface area is 306 Å². The SMILES string of the molecule is [2H]c1c([2H])c2c([2H])c([2H])c3c([2H])c([2H])c(-c4ccc(-c5c([2H])c([2H])c6c([2H])c([2H])c7c([2H])c([2H])c([2H])c8c([2H])c([2H])c5c6c78)c5c4oc4cc6ccccc6cc45)c4c([2H])c([2H])c(c1[2H])c2c34. The quantitative estimate of drug-likeness (QED) is 0.172. The number of furan rings is 1. The van der Waals surface area contributed by atoms with Crippen LogP contribution in [0, 0.1) is 0 Å². The van der Waals surface area contributed by atoms with Crippen molar-refractivity contribution in [3.8, 4) is 22.3 Å². The van der Waals surface area contributed by atoms with Crippen LogP contribution in [0.4, 0.5) is 0 Å². The van der Waals surface area contributed by atoms with E-state index in [2.05, 4.69) is 0 Å². The second-order valence-electron chi connectivity index (χ2n) is 12.2. The molecule has 0 atom stereocenters. The van der Waals surface area contributed by atoms with E-state index in [9.17, 15) is 11.0 Å². The molecular weight excluding hydrogens is 593 g/mol. The van der Waals surface area contributed by atoms with Crippen LogP contribution in [0.2, 0.25) is 0 Å². The highest BCUT2D eigenvalue weighted by Crippen LogP contribution is 2.48. The van der Waals surface area contributed by atoms with Crippen LogP contribution >= 0.6 is 0 Å². The highest BCUT2D eigenvalue weighted by molar-refractivity contribution is 6.29. The van der Waals surface area contributed by atoms with Crippen molar-refractivity contribution in [2.24, 2.45) is 0 Å². The standard InChI is InChI=1S/C48H26O/c1-2-6-34-26-42-41(25-33(34)5-1)47-39(35-19-15-31-13-11-27-7-3-9-29-17-21-37(35)45(31)43(27)29)23-24-40(48(47)49-42)36-20-16-32-14-12-28-8-4-10-30-18-22-38(36)46(32)44(28)30/h1-26H/i3D,4D,7D,8D,9D,10D,11D,12D,13D,14D,15D,16D,17D,18D,19D,20D,21D,22D. The highest BCUT2D eigenvalue weighted by atomic mass is 16.3. The number of benzene rings is 11. The fraction of sp³-hybridized carbons (Fsp3) is 0. The van der Waals surface area contributed by atoms with Crippen LogP contribution in [0.3, 0.4) is 0 Å². The third kappa shape index (κ3) is 3.34. The van der Waals surface area contributed by atoms with Crippen LogP contribution in [0.5, 0.6) is 0 Å². The number of fused-ring (bicyclic) bond motifs is 4. The van der Waals surface area contributed by atoms with Crippen molar-refractivity contribution in [3.63, 3.8) is 0 Å². The molecule has 0 aliphatic carbocycles. The lowest BCUT2D eigenvalue weighted by atomic mass is 9.86. The summed E-state index contributed by atoms with van der Waals surface area (Å²) in [5.41, 5.74) is 0.463. The summed E-state index contributed by atoms with van der Waals surface area (Å²) in [7, 11) is 0. The third-order valence-electron chi connectivity index (χ3n) is 9.65. The van der Waals surface area contributed by atoms with Crippen LogP contribution in [-0.2, 0) is 0 Å². The Balaban J connectivity index is 1.32.